The van der Waals surface area contributed by atoms with Crippen molar-refractivity contribution in [1.82, 2.24) is 5.32 Å². The quantitative estimate of drug-likeness (QED) is 0.670. The first-order chi connectivity index (χ1) is 5.79. The van der Waals surface area contributed by atoms with Gasteiger partial charge in [0.25, 0.3) is 0 Å². The van der Waals surface area contributed by atoms with E-state index in [1.807, 2.05) is 0 Å². The zero-order chi connectivity index (χ0) is 9.03. The Kier molecular flexibility index (Phi) is 3.53. The Morgan fingerprint density at radius 2 is 2.08 bits per heavy atom. The highest BCUT2D eigenvalue weighted by atomic mass is 16.3. The van der Waals surface area contributed by atoms with Crippen LogP contribution in [-0.4, -0.2) is 24.8 Å². The molecule has 1 unspecified atom stereocenters. The Morgan fingerprint density at radius 3 is 2.42 bits per heavy atom. The van der Waals surface area contributed by atoms with Crippen molar-refractivity contribution < 1.29 is 5.11 Å². The molecule has 0 spiro atoms. The van der Waals surface area contributed by atoms with E-state index < -0.39 is 0 Å². The molecule has 2 heteroatoms. The zero-order valence-electron chi connectivity index (χ0n) is 8.27. The van der Waals surface area contributed by atoms with Crippen LogP contribution in [0.3, 0.4) is 0 Å². The molecule has 0 aromatic rings. The van der Waals surface area contributed by atoms with Crippen LogP contribution < -0.4 is 5.32 Å². The summed E-state index contributed by atoms with van der Waals surface area (Å²) in [5.41, 5.74) is 0.198. The minimum absolute atomic E-state index is 0.198. The third kappa shape index (κ3) is 1.64. The summed E-state index contributed by atoms with van der Waals surface area (Å²) in [4.78, 5) is 0. The molecule has 1 atom stereocenters. The van der Waals surface area contributed by atoms with Crippen LogP contribution in [0.15, 0.2) is 0 Å². The Hall–Kier alpha value is -0.0800. The Balaban J connectivity index is 2.63. The molecule has 0 aliphatic carbocycles. The summed E-state index contributed by atoms with van der Waals surface area (Å²) in [5, 5.41) is 12.8. The van der Waals surface area contributed by atoms with E-state index >= 15 is 0 Å². The van der Waals surface area contributed by atoms with Crippen LogP contribution >= 0.6 is 0 Å². The van der Waals surface area contributed by atoms with E-state index in [2.05, 4.69) is 19.2 Å². The molecule has 0 bridgehead atoms. The maximum Gasteiger partial charge on any atom is 0.0502 e. The second-order valence-corrected chi connectivity index (χ2v) is 3.96. The van der Waals surface area contributed by atoms with E-state index in [-0.39, 0.29) is 5.41 Å². The highest BCUT2D eigenvalue weighted by molar-refractivity contribution is 4.91. The Labute approximate surface area is 75.4 Å². The predicted octanol–water partition coefficient (Wildman–Crippen LogP) is 1.39. The van der Waals surface area contributed by atoms with Crippen LogP contribution in [0.25, 0.3) is 0 Å². The van der Waals surface area contributed by atoms with Gasteiger partial charge in [0, 0.05) is 12.0 Å². The zero-order valence-corrected chi connectivity index (χ0v) is 8.27. The number of aliphatic hydroxyl groups is 1. The summed E-state index contributed by atoms with van der Waals surface area (Å²) in [6, 6.07) is 0. The van der Waals surface area contributed by atoms with Crippen molar-refractivity contribution in [3.05, 3.63) is 0 Å². The van der Waals surface area contributed by atoms with Gasteiger partial charge in [0.15, 0.2) is 0 Å². The number of rotatable bonds is 4. The van der Waals surface area contributed by atoms with Gasteiger partial charge in [-0.05, 0) is 18.9 Å². The van der Waals surface area contributed by atoms with Crippen LogP contribution in [0.1, 0.15) is 33.1 Å². The van der Waals surface area contributed by atoms with Crippen LogP contribution in [0.5, 0.6) is 0 Å². The van der Waals surface area contributed by atoms with Crippen molar-refractivity contribution in [2.45, 2.75) is 33.1 Å². The van der Waals surface area contributed by atoms with Gasteiger partial charge < -0.3 is 10.4 Å². The summed E-state index contributed by atoms with van der Waals surface area (Å²) in [6.07, 6.45) is 3.54. The van der Waals surface area contributed by atoms with Crippen LogP contribution in [0, 0.1) is 11.3 Å². The van der Waals surface area contributed by atoms with E-state index in [0.717, 1.165) is 19.5 Å². The minimum atomic E-state index is 0.198. The average molecular weight is 171 g/mol. The molecule has 1 rings (SSSR count). The second-order valence-electron chi connectivity index (χ2n) is 3.96. The molecule has 0 amide bonds. The first-order valence-electron chi connectivity index (χ1n) is 5.10. The standard InChI is InChI=1S/C10H21NO/c1-3-9(4-2)10(8-12)5-6-11-7-10/h9,11-12H,3-8H2,1-2H3. The fourth-order valence-corrected chi connectivity index (χ4v) is 2.53. The van der Waals surface area contributed by atoms with Crippen LogP contribution in [-0.2, 0) is 0 Å². The van der Waals surface area contributed by atoms with E-state index in [1.165, 1.54) is 12.8 Å². The normalized spacial score (nSPS) is 30.0. The van der Waals surface area contributed by atoms with Crippen molar-refractivity contribution in [2.75, 3.05) is 19.7 Å². The molecule has 1 aliphatic rings. The molecule has 0 aromatic carbocycles. The number of aliphatic hydroxyl groups excluding tert-OH is 1. The van der Waals surface area contributed by atoms with E-state index in [0.29, 0.717) is 12.5 Å². The van der Waals surface area contributed by atoms with Crippen molar-refractivity contribution >= 4 is 0 Å². The average Bonchev–Trinajstić information content (AvgIpc) is 2.56. The largest absolute Gasteiger partial charge is 0.396 e. The first kappa shape index (κ1) is 10.0. The Bertz CT molecular complexity index is 126. The number of nitrogens with one attached hydrogen (secondary N) is 1. The SMILES string of the molecule is CCC(CC)C1(CO)CCNC1. The summed E-state index contributed by atoms with van der Waals surface area (Å²) < 4.78 is 0. The van der Waals surface area contributed by atoms with E-state index in [9.17, 15) is 5.11 Å². The number of hydrogen-bond donors (Lipinski definition) is 2. The van der Waals surface area contributed by atoms with Gasteiger partial charge in [-0.15, -0.1) is 0 Å². The third-order valence-electron chi connectivity index (χ3n) is 3.44. The lowest BCUT2D eigenvalue weighted by Gasteiger charge is -2.34. The van der Waals surface area contributed by atoms with Gasteiger partial charge >= 0.3 is 0 Å². The van der Waals surface area contributed by atoms with Crippen molar-refractivity contribution in [3.63, 3.8) is 0 Å². The lowest BCUT2D eigenvalue weighted by Crippen LogP contribution is -2.36. The van der Waals surface area contributed by atoms with Gasteiger partial charge in [-0.1, -0.05) is 26.7 Å². The molecule has 0 saturated carbocycles. The van der Waals surface area contributed by atoms with E-state index in [1.54, 1.807) is 0 Å². The molecular formula is C10H21NO. The summed E-state index contributed by atoms with van der Waals surface area (Å²) in [6.45, 7) is 6.90. The molecule has 1 aliphatic heterocycles. The molecule has 2 nitrogen and oxygen atoms in total. The van der Waals surface area contributed by atoms with Gasteiger partial charge in [0.1, 0.15) is 0 Å². The van der Waals surface area contributed by atoms with Crippen LogP contribution in [0.4, 0.5) is 0 Å². The van der Waals surface area contributed by atoms with Gasteiger partial charge in [-0.2, -0.15) is 0 Å². The van der Waals surface area contributed by atoms with Gasteiger partial charge in [-0.25, -0.2) is 0 Å². The maximum atomic E-state index is 9.41. The fourth-order valence-electron chi connectivity index (χ4n) is 2.53. The fraction of sp³-hybridized carbons (Fsp3) is 1.00. The second kappa shape index (κ2) is 4.24. The third-order valence-corrected chi connectivity index (χ3v) is 3.44. The molecule has 0 radical (unpaired) electrons. The number of hydrogen-bond acceptors (Lipinski definition) is 2. The molecule has 12 heavy (non-hydrogen) atoms. The van der Waals surface area contributed by atoms with Gasteiger partial charge in [0.05, 0.1) is 6.61 Å². The van der Waals surface area contributed by atoms with Gasteiger partial charge in [0.2, 0.25) is 0 Å². The van der Waals surface area contributed by atoms with Crippen molar-refractivity contribution in [3.8, 4) is 0 Å². The van der Waals surface area contributed by atoms with Crippen molar-refractivity contribution in [1.29, 1.82) is 0 Å². The minimum Gasteiger partial charge on any atom is -0.396 e. The highest BCUT2D eigenvalue weighted by Gasteiger charge is 2.38. The molecule has 1 fully saturated rings. The topological polar surface area (TPSA) is 32.3 Å². The van der Waals surface area contributed by atoms with Crippen molar-refractivity contribution in [2.24, 2.45) is 11.3 Å². The molecule has 72 valence electrons. The molecule has 2 N–H and O–H groups in total. The molecular weight excluding hydrogens is 150 g/mol. The summed E-state index contributed by atoms with van der Waals surface area (Å²) in [7, 11) is 0. The van der Waals surface area contributed by atoms with E-state index in [4.69, 9.17) is 0 Å². The molecule has 1 heterocycles. The smallest absolute Gasteiger partial charge is 0.0502 e. The predicted molar refractivity (Wildman–Crippen MR) is 51.1 cm³/mol. The Morgan fingerprint density at radius 1 is 1.42 bits per heavy atom. The highest BCUT2D eigenvalue weighted by Crippen LogP contribution is 2.37. The molecule has 1 saturated heterocycles. The monoisotopic (exact) mass is 171 g/mol. The summed E-state index contributed by atoms with van der Waals surface area (Å²) >= 11 is 0. The van der Waals surface area contributed by atoms with Gasteiger partial charge in [-0.3, -0.25) is 0 Å². The molecule has 0 aromatic heterocycles. The first-order valence-corrected chi connectivity index (χ1v) is 5.10. The maximum absolute atomic E-state index is 9.41. The lowest BCUT2D eigenvalue weighted by molar-refractivity contribution is 0.0740. The van der Waals surface area contributed by atoms with Crippen LogP contribution in [0.2, 0.25) is 0 Å². The summed E-state index contributed by atoms with van der Waals surface area (Å²) in [5.74, 6) is 0.692. The lowest BCUT2D eigenvalue weighted by atomic mass is 9.72.